The monoisotopic (exact) mass is 370 g/mol. The van der Waals surface area contributed by atoms with Crippen LogP contribution in [0.2, 0.25) is 0 Å². The smallest absolute Gasteiger partial charge is 0.274 e. The Bertz CT molecular complexity index is 829. The maximum absolute atomic E-state index is 13.0. The Balaban J connectivity index is 1.34. The summed E-state index contributed by atoms with van der Waals surface area (Å²) in [5, 5.41) is 7.15. The van der Waals surface area contributed by atoms with Crippen molar-refractivity contribution in [2.75, 3.05) is 26.2 Å². The largest absolute Gasteiger partial charge is 0.341 e. The quantitative estimate of drug-likeness (QED) is 0.898. The van der Waals surface area contributed by atoms with Crippen molar-refractivity contribution in [3.63, 3.8) is 0 Å². The maximum atomic E-state index is 13.0. The van der Waals surface area contributed by atoms with Gasteiger partial charge < -0.3 is 9.80 Å². The van der Waals surface area contributed by atoms with E-state index >= 15 is 0 Å². The third-order valence-corrected chi connectivity index (χ3v) is 5.24. The van der Waals surface area contributed by atoms with Gasteiger partial charge in [-0.1, -0.05) is 12.1 Å². The van der Waals surface area contributed by atoms with E-state index in [-0.39, 0.29) is 24.1 Å². The van der Waals surface area contributed by atoms with Gasteiger partial charge in [0, 0.05) is 37.8 Å². The number of aromatic nitrogens is 2. The number of aromatic amines is 1. The van der Waals surface area contributed by atoms with E-state index in [1.807, 2.05) is 6.07 Å². The van der Waals surface area contributed by atoms with Gasteiger partial charge in [0.25, 0.3) is 5.91 Å². The molecule has 6 nitrogen and oxygen atoms in total. The lowest BCUT2D eigenvalue weighted by atomic mass is 10.1. The van der Waals surface area contributed by atoms with Crippen LogP contribution in [0.25, 0.3) is 0 Å². The fourth-order valence-electron chi connectivity index (χ4n) is 3.47. The summed E-state index contributed by atoms with van der Waals surface area (Å²) in [6, 6.07) is 7.87. The summed E-state index contributed by atoms with van der Waals surface area (Å²) in [7, 11) is 0. The van der Waals surface area contributed by atoms with Crippen molar-refractivity contribution in [3.8, 4) is 0 Å². The summed E-state index contributed by atoms with van der Waals surface area (Å²) in [6.45, 7) is 2.24. The lowest BCUT2D eigenvalue weighted by Crippen LogP contribution is -2.38. The molecule has 1 aliphatic heterocycles. The Morgan fingerprint density at radius 2 is 1.78 bits per heavy atom. The van der Waals surface area contributed by atoms with Gasteiger partial charge in [-0.05, 0) is 43.0 Å². The number of H-pyrrole nitrogens is 1. The molecule has 0 bridgehead atoms. The van der Waals surface area contributed by atoms with Crippen LogP contribution < -0.4 is 0 Å². The standard InChI is InChI=1S/C20H23FN4O2/c21-16-6-2-14(3-7-16)12-19(26)24-8-1-9-25(11-10-24)20(27)18-13-17(22-23-18)15-4-5-15/h2-3,6-7,13,15H,1,4-5,8-12H2,(H,22,23). The number of carbonyl (C=O) groups excluding carboxylic acids is 2. The van der Waals surface area contributed by atoms with E-state index < -0.39 is 0 Å². The van der Waals surface area contributed by atoms with E-state index in [0.29, 0.717) is 37.8 Å². The van der Waals surface area contributed by atoms with Crippen molar-refractivity contribution < 1.29 is 14.0 Å². The summed E-state index contributed by atoms with van der Waals surface area (Å²) < 4.78 is 13.0. The molecule has 0 spiro atoms. The highest BCUT2D eigenvalue weighted by Gasteiger charge is 2.28. The van der Waals surface area contributed by atoms with Gasteiger partial charge in [0.1, 0.15) is 11.5 Å². The first-order valence-electron chi connectivity index (χ1n) is 9.47. The minimum absolute atomic E-state index is 0.00620. The van der Waals surface area contributed by atoms with Crippen LogP contribution in [0.4, 0.5) is 4.39 Å². The first kappa shape index (κ1) is 17.7. The Labute approximate surface area is 157 Å². The average molecular weight is 370 g/mol. The van der Waals surface area contributed by atoms with Crippen LogP contribution in [-0.2, 0) is 11.2 Å². The fourth-order valence-corrected chi connectivity index (χ4v) is 3.47. The van der Waals surface area contributed by atoms with Crippen LogP contribution in [0.3, 0.4) is 0 Å². The molecule has 2 fully saturated rings. The highest BCUT2D eigenvalue weighted by molar-refractivity contribution is 5.92. The number of amides is 2. The zero-order valence-electron chi connectivity index (χ0n) is 15.2. The first-order valence-corrected chi connectivity index (χ1v) is 9.47. The van der Waals surface area contributed by atoms with Gasteiger partial charge in [0.05, 0.1) is 6.42 Å². The molecule has 2 aromatic rings. The van der Waals surface area contributed by atoms with Gasteiger partial charge in [-0.15, -0.1) is 0 Å². The molecule has 2 aliphatic rings. The van der Waals surface area contributed by atoms with Crippen LogP contribution in [0.5, 0.6) is 0 Å². The first-order chi connectivity index (χ1) is 13.1. The van der Waals surface area contributed by atoms with Gasteiger partial charge >= 0.3 is 0 Å². The van der Waals surface area contributed by atoms with E-state index in [2.05, 4.69) is 10.2 Å². The second kappa shape index (κ2) is 7.50. The molecular formula is C20H23FN4O2. The zero-order valence-corrected chi connectivity index (χ0v) is 15.2. The predicted octanol–water partition coefficient (Wildman–Crippen LogP) is 2.34. The van der Waals surface area contributed by atoms with Gasteiger partial charge in [0.15, 0.2) is 0 Å². The molecule has 1 aliphatic carbocycles. The van der Waals surface area contributed by atoms with Crippen LogP contribution in [-0.4, -0.2) is 58.0 Å². The number of hydrogen-bond donors (Lipinski definition) is 1. The van der Waals surface area contributed by atoms with Crippen LogP contribution in [0, 0.1) is 5.82 Å². The minimum atomic E-state index is -0.307. The van der Waals surface area contributed by atoms with Crippen molar-refractivity contribution in [2.24, 2.45) is 0 Å². The van der Waals surface area contributed by atoms with E-state index in [4.69, 9.17) is 0 Å². The summed E-state index contributed by atoms with van der Waals surface area (Å²) >= 11 is 0. The molecule has 0 atom stereocenters. The third kappa shape index (κ3) is 4.18. The van der Waals surface area contributed by atoms with E-state index in [1.165, 1.54) is 12.1 Å². The molecule has 2 heterocycles. The van der Waals surface area contributed by atoms with Crippen molar-refractivity contribution in [1.82, 2.24) is 20.0 Å². The molecule has 1 aromatic heterocycles. The molecule has 2 amide bonds. The molecular weight excluding hydrogens is 347 g/mol. The Kier molecular flexibility index (Phi) is 4.92. The second-order valence-corrected chi connectivity index (χ2v) is 7.31. The van der Waals surface area contributed by atoms with Crippen molar-refractivity contribution in [3.05, 3.63) is 53.1 Å². The molecule has 27 heavy (non-hydrogen) atoms. The lowest BCUT2D eigenvalue weighted by Gasteiger charge is -2.21. The van der Waals surface area contributed by atoms with Crippen LogP contribution >= 0.6 is 0 Å². The molecule has 1 saturated heterocycles. The molecule has 142 valence electrons. The Morgan fingerprint density at radius 3 is 2.52 bits per heavy atom. The SMILES string of the molecule is O=C(Cc1ccc(F)cc1)N1CCCN(C(=O)c2cc(C3CC3)[nH]n2)CC1. The zero-order chi connectivity index (χ0) is 18.8. The summed E-state index contributed by atoms with van der Waals surface area (Å²) in [5.41, 5.74) is 2.30. The third-order valence-electron chi connectivity index (χ3n) is 5.24. The number of nitrogens with one attached hydrogen (secondary N) is 1. The normalized spacial score (nSPS) is 17.7. The molecule has 1 saturated carbocycles. The average Bonchev–Trinajstić information content (AvgIpc) is 3.45. The molecule has 1 aromatic carbocycles. The maximum Gasteiger partial charge on any atom is 0.274 e. The second-order valence-electron chi connectivity index (χ2n) is 7.31. The predicted molar refractivity (Wildman–Crippen MR) is 97.8 cm³/mol. The number of carbonyl (C=O) groups is 2. The van der Waals surface area contributed by atoms with Crippen LogP contribution in [0.1, 0.15) is 46.9 Å². The number of halogens is 1. The number of rotatable bonds is 4. The van der Waals surface area contributed by atoms with E-state index in [9.17, 15) is 14.0 Å². The Hall–Kier alpha value is -2.70. The number of benzene rings is 1. The van der Waals surface area contributed by atoms with E-state index in [1.54, 1.807) is 21.9 Å². The fraction of sp³-hybridized carbons (Fsp3) is 0.450. The summed E-state index contributed by atoms with van der Waals surface area (Å²) in [5.74, 6) is 0.152. The van der Waals surface area contributed by atoms with Crippen molar-refractivity contribution in [1.29, 1.82) is 0 Å². The molecule has 7 heteroatoms. The topological polar surface area (TPSA) is 69.3 Å². The van der Waals surface area contributed by atoms with Gasteiger partial charge in [-0.3, -0.25) is 14.7 Å². The lowest BCUT2D eigenvalue weighted by molar-refractivity contribution is -0.130. The highest BCUT2D eigenvalue weighted by atomic mass is 19.1. The molecule has 1 N–H and O–H groups in total. The highest BCUT2D eigenvalue weighted by Crippen LogP contribution is 2.39. The summed E-state index contributed by atoms with van der Waals surface area (Å²) in [4.78, 5) is 28.8. The van der Waals surface area contributed by atoms with Crippen molar-refractivity contribution >= 4 is 11.8 Å². The molecule has 0 radical (unpaired) electrons. The molecule has 4 rings (SSSR count). The Morgan fingerprint density at radius 1 is 1.07 bits per heavy atom. The number of hydrogen-bond acceptors (Lipinski definition) is 3. The van der Waals surface area contributed by atoms with Gasteiger partial charge in [0.2, 0.25) is 5.91 Å². The number of nitrogens with zero attached hydrogens (tertiary/aromatic N) is 3. The van der Waals surface area contributed by atoms with Gasteiger partial charge in [-0.2, -0.15) is 5.10 Å². The van der Waals surface area contributed by atoms with Gasteiger partial charge in [-0.25, -0.2) is 4.39 Å². The van der Waals surface area contributed by atoms with E-state index in [0.717, 1.165) is 30.5 Å². The minimum Gasteiger partial charge on any atom is -0.341 e. The van der Waals surface area contributed by atoms with Crippen LogP contribution in [0.15, 0.2) is 30.3 Å². The molecule has 0 unspecified atom stereocenters. The summed E-state index contributed by atoms with van der Waals surface area (Å²) in [6.07, 6.45) is 3.30. The van der Waals surface area contributed by atoms with Crippen molar-refractivity contribution in [2.45, 2.75) is 31.6 Å².